The highest BCUT2D eigenvalue weighted by Gasteiger charge is 1.93. The minimum Gasteiger partial charge on any atom is -0.368 e. The smallest absolute Gasteiger partial charge is 0.226 e. The zero-order chi connectivity index (χ0) is 11.8. The Bertz CT molecular complexity index is 242. The molecule has 8 nitrogen and oxygen atoms in total. The van der Waals surface area contributed by atoms with Crippen LogP contribution in [0.3, 0.4) is 0 Å². The first-order valence-electron chi connectivity index (χ1n) is 4.34. The zero-order valence-corrected chi connectivity index (χ0v) is 8.46. The van der Waals surface area contributed by atoms with Crippen LogP contribution < -0.4 is 17.2 Å². The molecule has 0 aromatic carbocycles. The highest BCUT2D eigenvalue weighted by molar-refractivity contribution is 5.33. The molecule has 1 heterocycles. The third kappa shape index (κ3) is 7.40. The molecule has 1 aromatic heterocycles. The lowest BCUT2D eigenvalue weighted by molar-refractivity contribution is -0.0453. The summed E-state index contributed by atoms with van der Waals surface area (Å²) in [5, 5.41) is 16.2. The van der Waals surface area contributed by atoms with Gasteiger partial charge in [-0.15, -0.1) is 0 Å². The van der Waals surface area contributed by atoms with Gasteiger partial charge in [0.15, 0.2) is 6.29 Å². The molecule has 0 bridgehead atoms. The monoisotopic (exact) mass is 216 g/mol. The summed E-state index contributed by atoms with van der Waals surface area (Å²) in [5.41, 5.74) is 15.4. The minimum atomic E-state index is -1.10. The van der Waals surface area contributed by atoms with Gasteiger partial charge in [-0.25, -0.2) is 0 Å². The molecule has 0 aliphatic rings. The van der Waals surface area contributed by atoms with Crippen molar-refractivity contribution in [3.05, 3.63) is 0 Å². The van der Waals surface area contributed by atoms with Gasteiger partial charge in [0.2, 0.25) is 17.8 Å². The van der Waals surface area contributed by atoms with Gasteiger partial charge in [-0.1, -0.05) is 13.3 Å². The quantitative estimate of drug-likeness (QED) is 0.382. The van der Waals surface area contributed by atoms with E-state index < -0.39 is 6.29 Å². The van der Waals surface area contributed by atoms with Crippen LogP contribution in [0.1, 0.15) is 19.8 Å². The number of anilines is 3. The molecule has 0 saturated heterocycles. The number of nitrogens with zero attached hydrogens (tertiary/aromatic N) is 3. The number of nitrogens with two attached hydrogens (primary N) is 3. The number of aliphatic hydroxyl groups excluding tert-OH is 1. The van der Waals surface area contributed by atoms with Crippen molar-refractivity contribution < 1.29 is 10.2 Å². The Kier molecular flexibility index (Phi) is 5.99. The molecule has 1 aromatic rings. The van der Waals surface area contributed by atoms with Crippen molar-refractivity contribution in [2.75, 3.05) is 17.2 Å². The average molecular weight is 216 g/mol. The average Bonchev–Trinajstić information content (AvgIpc) is 2.00. The van der Waals surface area contributed by atoms with Crippen molar-refractivity contribution in [3.63, 3.8) is 0 Å². The van der Waals surface area contributed by atoms with Gasteiger partial charge < -0.3 is 27.4 Å². The zero-order valence-electron chi connectivity index (χ0n) is 8.46. The molecule has 0 spiro atoms. The van der Waals surface area contributed by atoms with E-state index in [1.807, 2.05) is 6.92 Å². The Morgan fingerprint density at radius 1 is 1.00 bits per heavy atom. The Morgan fingerprint density at radius 3 is 1.47 bits per heavy atom. The van der Waals surface area contributed by atoms with Crippen LogP contribution >= 0.6 is 0 Å². The molecule has 8 heteroatoms. The minimum absolute atomic E-state index is 0.0417. The van der Waals surface area contributed by atoms with E-state index in [2.05, 4.69) is 15.0 Å². The maximum atomic E-state index is 8.11. The normalized spacial score (nSPS) is 9.60. The van der Waals surface area contributed by atoms with Crippen LogP contribution in [0.2, 0.25) is 0 Å². The van der Waals surface area contributed by atoms with E-state index in [1.165, 1.54) is 0 Å². The van der Waals surface area contributed by atoms with Gasteiger partial charge >= 0.3 is 0 Å². The summed E-state index contributed by atoms with van der Waals surface area (Å²) in [6.07, 6.45) is 0.215. The van der Waals surface area contributed by atoms with Crippen molar-refractivity contribution in [1.29, 1.82) is 0 Å². The highest BCUT2D eigenvalue weighted by Crippen LogP contribution is 1.97. The Morgan fingerprint density at radius 2 is 1.33 bits per heavy atom. The van der Waals surface area contributed by atoms with Crippen molar-refractivity contribution in [2.45, 2.75) is 26.1 Å². The molecule has 0 radical (unpaired) electrons. The van der Waals surface area contributed by atoms with Gasteiger partial charge in [0.25, 0.3) is 0 Å². The van der Waals surface area contributed by atoms with Crippen molar-refractivity contribution in [3.8, 4) is 0 Å². The summed E-state index contributed by atoms with van der Waals surface area (Å²) >= 11 is 0. The Balaban J connectivity index is 0.000000288. The van der Waals surface area contributed by atoms with E-state index in [-0.39, 0.29) is 17.8 Å². The van der Waals surface area contributed by atoms with Crippen LogP contribution in [-0.2, 0) is 0 Å². The summed E-state index contributed by atoms with van der Waals surface area (Å²) in [6.45, 7) is 1.90. The molecule has 0 aliphatic carbocycles. The number of nitrogen functional groups attached to an aromatic ring is 3. The third-order valence-corrected chi connectivity index (χ3v) is 1.23. The maximum absolute atomic E-state index is 8.11. The van der Waals surface area contributed by atoms with Crippen molar-refractivity contribution in [1.82, 2.24) is 15.0 Å². The summed E-state index contributed by atoms with van der Waals surface area (Å²) < 4.78 is 0. The van der Waals surface area contributed by atoms with Gasteiger partial charge in [-0.05, 0) is 6.42 Å². The molecule has 0 amide bonds. The van der Waals surface area contributed by atoms with Crippen LogP contribution in [-0.4, -0.2) is 31.5 Å². The Labute approximate surface area is 87.2 Å². The van der Waals surface area contributed by atoms with E-state index in [0.717, 1.165) is 6.42 Å². The summed E-state index contributed by atoms with van der Waals surface area (Å²) in [4.78, 5) is 10.5. The SMILES string of the molecule is CCCC(O)O.Nc1nc(N)nc(N)n1. The number of hydrogen-bond acceptors (Lipinski definition) is 8. The molecule has 0 unspecified atom stereocenters. The Hall–Kier alpha value is -1.67. The molecule has 0 atom stereocenters. The molecule has 0 fully saturated rings. The van der Waals surface area contributed by atoms with Gasteiger partial charge in [0.05, 0.1) is 0 Å². The third-order valence-electron chi connectivity index (χ3n) is 1.23. The molecule has 0 saturated carbocycles. The molecular formula is C7H16N6O2. The maximum Gasteiger partial charge on any atom is 0.226 e. The van der Waals surface area contributed by atoms with E-state index in [9.17, 15) is 0 Å². The standard InChI is InChI=1S/C4H10O2.C3H6N6/c1-2-3-4(5)6;4-1-7-2(5)9-3(6)8-1/h4-6H,2-3H2,1H3;(H6,4,5,6,7,8,9). The molecule has 1 rings (SSSR count). The number of aromatic nitrogens is 3. The van der Waals surface area contributed by atoms with Gasteiger partial charge in [-0.2, -0.15) is 15.0 Å². The fourth-order valence-corrected chi connectivity index (χ4v) is 0.685. The summed E-state index contributed by atoms with van der Waals surface area (Å²) in [5.74, 6) is 0.125. The first-order valence-corrected chi connectivity index (χ1v) is 4.34. The second kappa shape index (κ2) is 6.74. The molecule has 15 heavy (non-hydrogen) atoms. The van der Waals surface area contributed by atoms with E-state index >= 15 is 0 Å². The second-order valence-corrected chi connectivity index (χ2v) is 2.68. The van der Waals surface area contributed by atoms with Crippen LogP contribution in [0.15, 0.2) is 0 Å². The van der Waals surface area contributed by atoms with Crippen LogP contribution in [0, 0.1) is 0 Å². The lowest BCUT2D eigenvalue weighted by Crippen LogP contribution is -2.05. The van der Waals surface area contributed by atoms with Crippen LogP contribution in [0.5, 0.6) is 0 Å². The van der Waals surface area contributed by atoms with Crippen molar-refractivity contribution in [2.24, 2.45) is 0 Å². The van der Waals surface area contributed by atoms with Crippen molar-refractivity contribution >= 4 is 17.8 Å². The fourth-order valence-electron chi connectivity index (χ4n) is 0.685. The van der Waals surface area contributed by atoms with Crippen LogP contribution in [0.4, 0.5) is 17.8 Å². The predicted molar refractivity (Wildman–Crippen MR) is 56.2 cm³/mol. The highest BCUT2D eigenvalue weighted by atomic mass is 16.5. The molecule has 0 aliphatic heterocycles. The molecule has 86 valence electrons. The van der Waals surface area contributed by atoms with Gasteiger partial charge in [0.1, 0.15) is 0 Å². The summed E-state index contributed by atoms with van der Waals surface area (Å²) in [6, 6.07) is 0. The molecular weight excluding hydrogens is 200 g/mol. The van der Waals surface area contributed by atoms with E-state index in [0.29, 0.717) is 6.42 Å². The predicted octanol–water partition coefficient (Wildman–Crippen LogP) is -1.28. The van der Waals surface area contributed by atoms with Crippen LogP contribution in [0.25, 0.3) is 0 Å². The largest absolute Gasteiger partial charge is 0.368 e. The first kappa shape index (κ1) is 13.3. The van der Waals surface area contributed by atoms with Gasteiger partial charge in [0, 0.05) is 0 Å². The number of hydrogen-bond donors (Lipinski definition) is 5. The number of aliphatic hydroxyl groups is 2. The fraction of sp³-hybridized carbons (Fsp3) is 0.571. The summed E-state index contributed by atoms with van der Waals surface area (Å²) in [7, 11) is 0. The van der Waals surface area contributed by atoms with Gasteiger partial charge in [-0.3, -0.25) is 0 Å². The van der Waals surface area contributed by atoms with E-state index in [1.54, 1.807) is 0 Å². The lowest BCUT2D eigenvalue weighted by atomic mass is 10.3. The van der Waals surface area contributed by atoms with E-state index in [4.69, 9.17) is 27.4 Å². The topological polar surface area (TPSA) is 157 Å². The second-order valence-electron chi connectivity index (χ2n) is 2.68. The lowest BCUT2D eigenvalue weighted by Gasteiger charge is -1.94. The molecule has 8 N–H and O–H groups in total. The number of rotatable bonds is 2. The first-order chi connectivity index (χ1) is 6.95.